The van der Waals surface area contributed by atoms with Crippen molar-refractivity contribution >= 4 is 0 Å². The summed E-state index contributed by atoms with van der Waals surface area (Å²) < 4.78 is 0. The van der Waals surface area contributed by atoms with Gasteiger partial charge in [-0.25, -0.2) is 0 Å². The fourth-order valence-electron chi connectivity index (χ4n) is 3.62. The van der Waals surface area contributed by atoms with Gasteiger partial charge in [-0.15, -0.1) is 0 Å². The lowest BCUT2D eigenvalue weighted by Gasteiger charge is -2.31. The Kier molecular flexibility index (Phi) is 3.74. The Morgan fingerprint density at radius 3 is 3.16 bits per heavy atom. The van der Waals surface area contributed by atoms with Crippen LogP contribution < -0.4 is 5.32 Å². The first-order valence-corrected chi connectivity index (χ1v) is 7.65. The minimum absolute atomic E-state index is 0.632. The Balaban J connectivity index is 1.56. The summed E-state index contributed by atoms with van der Waals surface area (Å²) in [5.41, 5.74) is 4.35. The first kappa shape index (κ1) is 12.9. The van der Waals surface area contributed by atoms with Gasteiger partial charge in [0.05, 0.1) is 6.20 Å². The van der Waals surface area contributed by atoms with Crippen LogP contribution in [0.3, 0.4) is 0 Å². The summed E-state index contributed by atoms with van der Waals surface area (Å²) in [5, 5.41) is 11.1. The van der Waals surface area contributed by atoms with E-state index in [4.69, 9.17) is 0 Å². The minimum Gasteiger partial charge on any atom is -0.313 e. The van der Waals surface area contributed by atoms with E-state index < -0.39 is 0 Å². The molecule has 0 unspecified atom stereocenters. The minimum atomic E-state index is 0.632. The van der Waals surface area contributed by atoms with Crippen LogP contribution in [-0.2, 0) is 12.8 Å². The number of nitrogens with one attached hydrogen (secondary N) is 2. The average Bonchev–Trinajstić information content (AvgIpc) is 2.85. The molecule has 1 aromatic heterocycles. The summed E-state index contributed by atoms with van der Waals surface area (Å²) in [6.45, 7) is 5.84. The zero-order valence-electron chi connectivity index (χ0n) is 12.1. The van der Waals surface area contributed by atoms with E-state index in [1.165, 1.54) is 30.5 Å². The number of rotatable bonds is 3. The average molecular weight is 259 g/mol. The third kappa shape index (κ3) is 2.76. The lowest BCUT2D eigenvalue weighted by molar-refractivity contribution is 0.325. The van der Waals surface area contributed by atoms with Crippen molar-refractivity contribution in [3.8, 4) is 0 Å². The standard InChI is InChI=1S/C16H25N3/c1-11-4-3-5-12(2)15(11)10-17-14-6-7-16-13(8-14)9-18-19-16/h4,9,12,14-15,17H,3,5-8,10H2,1-2H3,(H,18,19)/t12-,14-,15+/m0/s1. The maximum atomic E-state index is 4.15. The van der Waals surface area contributed by atoms with Crippen molar-refractivity contribution in [3.05, 3.63) is 29.1 Å². The fraction of sp³-hybridized carbons (Fsp3) is 0.688. The van der Waals surface area contributed by atoms with Gasteiger partial charge in [0, 0.05) is 18.3 Å². The highest BCUT2D eigenvalue weighted by atomic mass is 15.1. The van der Waals surface area contributed by atoms with Gasteiger partial charge in [0.1, 0.15) is 0 Å². The van der Waals surface area contributed by atoms with Gasteiger partial charge in [0.25, 0.3) is 0 Å². The van der Waals surface area contributed by atoms with Crippen LogP contribution in [0.2, 0.25) is 0 Å². The van der Waals surface area contributed by atoms with Gasteiger partial charge in [0.15, 0.2) is 0 Å². The van der Waals surface area contributed by atoms with E-state index in [-0.39, 0.29) is 0 Å². The molecule has 0 fully saturated rings. The smallest absolute Gasteiger partial charge is 0.0522 e. The predicted octanol–water partition coefficient (Wildman–Crippen LogP) is 2.85. The molecule has 0 saturated heterocycles. The lowest BCUT2D eigenvalue weighted by atomic mass is 9.80. The molecule has 0 spiro atoms. The predicted molar refractivity (Wildman–Crippen MR) is 78.0 cm³/mol. The van der Waals surface area contributed by atoms with Crippen molar-refractivity contribution in [1.82, 2.24) is 15.5 Å². The van der Waals surface area contributed by atoms with Gasteiger partial charge in [-0.05, 0) is 56.4 Å². The molecule has 3 heteroatoms. The third-order valence-electron chi connectivity index (χ3n) is 5.00. The topological polar surface area (TPSA) is 40.7 Å². The van der Waals surface area contributed by atoms with E-state index >= 15 is 0 Å². The van der Waals surface area contributed by atoms with Gasteiger partial charge in [-0.1, -0.05) is 18.6 Å². The summed E-state index contributed by atoms with van der Waals surface area (Å²) in [4.78, 5) is 0. The molecule has 3 nitrogen and oxygen atoms in total. The molecule has 104 valence electrons. The fourth-order valence-corrected chi connectivity index (χ4v) is 3.62. The summed E-state index contributed by atoms with van der Waals surface area (Å²) in [6, 6.07) is 0.632. The number of allylic oxidation sites excluding steroid dienone is 1. The molecule has 1 heterocycles. The number of H-pyrrole nitrogens is 1. The Morgan fingerprint density at radius 1 is 1.42 bits per heavy atom. The third-order valence-corrected chi connectivity index (χ3v) is 5.00. The molecule has 19 heavy (non-hydrogen) atoms. The van der Waals surface area contributed by atoms with Crippen molar-refractivity contribution in [2.75, 3.05) is 6.54 Å². The molecule has 2 aliphatic rings. The van der Waals surface area contributed by atoms with E-state index in [9.17, 15) is 0 Å². The quantitative estimate of drug-likeness (QED) is 0.820. The number of fused-ring (bicyclic) bond motifs is 1. The van der Waals surface area contributed by atoms with Crippen LogP contribution >= 0.6 is 0 Å². The number of nitrogens with zero attached hydrogens (tertiary/aromatic N) is 1. The van der Waals surface area contributed by atoms with Crippen molar-refractivity contribution in [1.29, 1.82) is 0 Å². The summed E-state index contributed by atoms with van der Waals surface area (Å²) in [6.07, 6.45) is 10.6. The Morgan fingerprint density at radius 2 is 2.32 bits per heavy atom. The van der Waals surface area contributed by atoms with E-state index in [0.717, 1.165) is 31.2 Å². The van der Waals surface area contributed by atoms with Crippen LogP contribution in [-0.4, -0.2) is 22.8 Å². The Hall–Kier alpha value is -1.09. The molecule has 2 aliphatic carbocycles. The highest BCUT2D eigenvalue weighted by molar-refractivity contribution is 5.21. The van der Waals surface area contributed by atoms with Crippen LogP contribution in [0.4, 0.5) is 0 Å². The number of aryl methyl sites for hydroxylation is 1. The molecule has 2 N–H and O–H groups in total. The van der Waals surface area contributed by atoms with Crippen LogP contribution in [0.25, 0.3) is 0 Å². The number of hydrogen-bond acceptors (Lipinski definition) is 2. The van der Waals surface area contributed by atoms with E-state index in [1.54, 1.807) is 5.57 Å². The zero-order chi connectivity index (χ0) is 13.2. The normalized spacial score (nSPS) is 30.8. The van der Waals surface area contributed by atoms with Gasteiger partial charge in [-0.3, -0.25) is 5.10 Å². The molecule has 3 rings (SSSR count). The molecule has 0 saturated carbocycles. The van der Waals surface area contributed by atoms with Crippen molar-refractivity contribution in [2.45, 2.75) is 52.0 Å². The lowest BCUT2D eigenvalue weighted by Crippen LogP contribution is -2.39. The molecule has 3 atom stereocenters. The Labute approximate surface area is 115 Å². The second kappa shape index (κ2) is 5.49. The second-order valence-electron chi connectivity index (χ2n) is 6.33. The van der Waals surface area contributed by atoms with Crippen molar-refractivity contribution in [3.63, 3.8) is 0 Å². The highest BCUT2D eigenvalue weighted by Crippen LogP contribution is 2.30. The molecular weight excluding hydrogens is 234 g/mol. The van der Waals surface area contributed by atoms with Crippen molar-refractivity contribution < 1.29 is 0 Å². The van der Waals surface area contributed by atoms with Crippen molar-refractivity contribution in [2.24, 2.45) is 11.8 Å². The first-order chi connectivity index (χ1) is 9.24. The van der Waals surface area contributed by atoms with Crippen LogP contribution in [0, 0.1) is 11.8 Å². The van der Waals surface area contributed by atoms with E-state index in [0.29, 0.717) is 6.04 Å². The summed E-state index contributed by atoms with van der Waals surface area (Å²) in [7, 11) is 0. The van der Waals surface area contributed by atoms with Gasteiger partial charge >= 0.3 is 0 Å². The van der Waals surface area contributed by atoms with Crippen LogP contribution in [0.5, 0.6) is 0 Å². The van der Waals surface area contributed by atoms with Crippen LogP contribution in [0.1, 0.15) is 44.4 Å². The summed E-state index contributed by atoms with van der Waals surface area (Å²) >= 11 is 0. The summed E-state index contributed by atoms with van der Waals surface area (Å²) in [5.74, 6) is 1.56. The molecule has 0 bridgehead atoms. The number of hydrogen-bond donors (Lipinski definition) is 2. The maximum absolute atomic E-state index is 4.15. The second-order valence-corrected chi connectivity index (χ2v) is 6.33. The monoisotopic (exact) mass is 259 g/mol. The molecule has 1 aromatic rings. The van der Waals surface area contributed by atoms with Gasteiger partial charge < -0.3 is 5.32 Å². The molecule has 0 aromatic carbocycles. The van der Waals surface area contributed by atoms with E-state index in [1.807, 2.05) is 6.20 Å². The molecule has 0 aliphatic heterocycles. The van der Waals surface area contributed by atoms with Crippen LogP contribution in [0.15, 0.2) is 17.8 Å². The molecule has 0 radical (unpaired) electrons. The molecule has 0 amide bonds. The molecular formula is C16H25N3. The number of aromatic nitrogens is 2. The number of aromatic amines is 1. The maximum Gasteiger partial charge on any atom is 0.0522 e. The Bertz CT molecular complexity index is 460. The van der Waals surface area contributed by atoms with Gasteiger partial charge in [-0.2, -0.15) is 5.10 Å². The SMILES string of the molecule is CC1=CCC[C@H](C)[C@@H]1CN[C@H]1CCc2[nH]ncc2C1. The van der Waals surface area contributed by atoms with E-state index in [2.05, 4.69) is 35.4 Å². The largest absolute Gasteiger partial charge is 0.313 e. The van der Waals surface area contributed by atoms with Gasteiger partial charge in [0.2, 0.25) is 0 Å². The first-order valence-electron chi connectivity index (χ1n) is 7.65. The zero-order valence-corrected chi connectivity index (χ0v) is 12.1. The highest BCUT2D eigenvalue weighted by Gasteiger charge is 2.24.